The van der Waals surface area contributed by atoms with Crippen LogP contribution in [0.2, 0.25) is 0 Å². The Labute approximate surface area is 150 Å². The zero-order valence-corrected chi connectivity index (χ0v) is 15.2. The minimum absolute atomic E-state index is 0.0638. The molecule has 134 valence electrons. The maximum Gasteiger partial charge on any atom is 0.317 e. The normalized spacial score (nSPS) is 11.6. The first kappa shape index (κ1) is 18.8. The smallest absolute Gasteiger partial charge is 0.317 e. The highest BCUT2D eigenvalue weighted by molar-refractivity contribution is 5.74. The molecule has 5 heteroatoms. The Morgan fingerprint density at radius 2 is 1.96 bits per heavy atom. The van der Waals surface area contributed by atoms with E-state index in [1.807, 2.05) is 49.4 Å². The van der Waals surface area contributed by atoms with Crippen LogP contribution in [-0.4, -0.2) is 36.1 Å². The summed E-state index contributed by atoms with van der Waals surface area (Å²) in [6.07, 6.45) is 3.52. The Balaban J connectivity index is 1.62. The van der Waals surface area contributed by atoms with Crippen LogP contribution in [0.25, 0.3) is 0 Å². The number of unbranched alkanes of at least 4 members (excludes halogenated alkanes) is 1. The summed E-state index contributed by atoms with van der Waals surface area (Å²) < 4.78 is 5.68. The zero-order chi connectivity index (χ0) is 18.1. The first-order valence-corrected chi connectivity index (χ1v) is 8.69. The number of urea groups is 1. The minimum atomic E-state index is -0.0855. The maximum absolute atomic E-state index is 12.2. The fraction of sp³-hybridized carbons (Fsp3) is 0.400. The first-order valence-electron chi connectivity index (χ1n) is 8.69. The molecular weight excluding hydrogens is 314 g/mol. The van der Waals surface area contributed by atoms with E-state index >= 15 is 0 Å². The lowest BCUT2D eigenvalue weighted by molar-refractivity contribution is 0.193. The van der Waals surface area contributed by atoms with Crippen LogP contribution in [0.5, 0.6) is 5.75 Å². The second-order valence-corrected chi connectivity index (χ2v) is 6.14. The van der Waals surface area contributed by atoms with Gasteiger partial charge in [0.05, 0.1) is 18.3 Å². The molecule has 0 radical (unpaired) electrons. The zero-order valence-electron chi connectivity index (χ0n) is 15.2. The molecule has 0 bridgehead atoms. The third-order valence-electron chi connectivity index (χ3n) is 4.15. The SMILES string of the molecule is Cc1ccc(OCCCCNC(=O)N(C)C(C)c2ccccn2)cc1. The molecule has 0 aliphatic carbocycles. The van der Waals surface area contributed by atoms with Gasteiger partial charge in [0, 0.05) is 19.8 Å². The van der Waals surface area contributed by atoms with Gasteiger partial charge in [-0.25, -0.2) is 4.79 Å². The lowest BCUT2D eigenvalue weighted by atomic mass is 10.2. The van der Waals surface area contributed by atoms with Crippen LogP contribution in [0, 0.1) is 6.92 Å². The molecule has 25 heavy (non-hydrogen) atoms. The molecule has 1 N–H and O–H groups in total. The van der Waals surface area contributed by atoms with Crippen molar-refractivity contribution < 1.29 is 9.53 Å². The maximum atomic E-state index is 12.2. The van der Waals surface area contributed by atoms with Crippen LogP contribution in [-0.2, 0) is 0 Å². The molecule has 1 heterocycles. The summed E-state index contributed by atoms with van der Waals surface area (Å²) in [4.78, 5) is 18.2. The van der Waals surface area contributed by atoms with Gasteiger partial charge < -0.3 is 15.0 Å². The van der Waals surface area contributed by atoms with Gasteiger partial charge in [-0.1, -0.05) is 23.8 Å². The number of amides is 2. The van der Waals surface area contributed by atoms with E-state index in [0.29, 0.717) is 13.2 Å². The van der Waals surface area contributed by atoms with Crippen molar-refractivity contribution in [1.82, 2.24) is 15.2 Å². The largest absolute Gasteiger partial charge is 0.494 e. The molecule has 2 aromatic rings. The van der Waals surface area contributed by atoms with Crippen molar-refractivity contribution in [2.24, 2.45) is 0 Å². The van der Waals surface area contributed by atoms with Gasteiger partial charge in [0.1, 0.15) is 5.75 Å². The van der Waals surface area contributed by atoms with Crippen LogP contribution in [0.1, 0.15) is 37.1 Å². The number of aromatic nitrogens is 1. The van der Waals surface area contributed by atoms with Gasteiger partial charge in [0.2, 0.25) is 0 Å². The molecule has 0 aliphatic rings. The fourth-order valence-corrected chi connectivity index (χ4v) is 2.37. The third kappa shape index (κ3) is 6.10. The number of ether oxygens (including phenoxy) is 1. The molecule has 5 nitrogen and oxygen atoms in total. The van der Waals surface area contributed by atoms with E-state index in [1.165, 1.54) is 5.56 Å². The molecule has 1 aromatic carbocycles. The summed E-state index contributed by atoms with van der Waals surface area (Å²) >= 11 is 0. The average Bonchev–Trinajstić information content (AvgIpc) is 2.65. The quantitative estimate of drug-likeness (QED) is 0.740. The molecule has 0 fully saturated rings. The van der Waals surface area contributed by atoms with Gasteiger partial charge in [-0.2, -0.15) is 0 Å². The van der Waals surface area contributed by atoms with E-state index < -0.39 is 0 Å². The van der Waals surface area contributed by atoms with Crippen molar-refractivity contribution in [2.45, 2.75) is 32.7 Å². The van der Waals surface area contributed by atoms with Crippen LogP contribution in [0.4, 0.5) is 4.79 Å². The second kappa shape index (κ2) is 9.67. The number of rotatable bonds is 8. The van der Waals surface area contributed by atoms with Crippen LogP contribution < -0.4 is 10.1 Å². The Bertz CT molecular complexity index is 644. The summed E-state index contributed by atoms with van der Waals surface area (Å²) in [5, 5.41) is 2.94. The van der Waals surface area contributed by atoms with Crippen LogP contribution in [0.15, 0.2) is 48.7 Å². The molecule has 2 rings (SSSR count). The van der Waals surface area contributed by atoms with Crippen molar-refractivity contribution in [3.8, 4) is 5.75 Å². The number of aryl methyl sites for hydroxylation is 1. The molecule has 0 spiro atoms. The summed E-state index contributed by atoms with van der Waals surface area (Å²) in [5.41, 5.74) is 2.10. The molecule has 0 saturated carbocycles. The van der Waals surface area contributed by atoms with Crippen LogP contribution >= 0.6 is 0 Å². The highest BCUT2D eigenvalue weighted by Gasteiger charge is 2.17. The van der Waals surface area contributed by atoms with Gasteiger partial charge in [-0.05, 0) is 51.0 Å². The number of benzene rings is 1. The van der Waals surface area contributed by atoms with Gasteiger partial charge in [0.15, 0.2) is 0 Å². The summed E-state index contributed by atoms with van der Waals surface area (Å²) in [7, 11) is 1.79. The summed E-state index contributed by atoms with van der Waals surface area (Å²) in [5.74, 6) is 0.888. The molecule has 0 saturated heterocycles. The van der Waals surface area contributed by atoms with Crippen molar-refractivity contribution in [2.75, 3.05) is 20.2 Å². The van der Waals surface area contributed by atoms with Crippen molar-refractivity contribution in [1.29, 1.82) is 0 Å². The summed E-state index contributed by atoms with van der Waals surface area (Å²) in [6.45, 7) is 5.31. The molecule has 1 unspecified atom stereocenters. The number of hydrogen-bond donors (Lipinski definition) is 1. The number of nitrogens with zero attached hydrogens (tertiary/aromatic N) is 2. The lowest BCUT2D eigenvalue weighted by Crippen LogP contribution is -2.39. The highest BCUT2D eigenvalue weighted by Crippen LogP contribution is 2.15. The standard InChI is InChI=1S/C20H27N3O2/c1-16-9-11-18(12-10-16)25-15-7-6-14-22-20(24)23(3)17(2)19-8-4-5-13-21-19/h4-5,8-13,17H,6-7,14-15H2,1-3H3,(H,22,24). The van der Waals surface area contributed by atoms with Crippen molar-refractivity contribution in [3.05, 3.63) is 59.9 Å². The predicted octanol–water partition coefficient (Wildman–Crippen LogP) is 3.95. The Kier molecular flexibility index (Phi) is 7.26. The van der Waals surface area contributed by atoms with E-state index in [2.05, 4.69) is 17.2 Å². The van der Waals surface area contributed by atoms with Crippen molar-refractivity contribution in [3.63, 3.8) is 0 Å². The van der Waals surface area contributed by atoms with Gasteiger partial charge >= 0.3 is 6.03 Å². The molecule has 2 amide bonds. The van der Waals surface area contributed by atoms with Gasteiger partial charge in [0.25, 0.3) is 0 Å². The van der Waals surface area contributed by atoms with Crippen LogP contribution in [0.3, 0.4) is 0 Å². The highest BCUT2D eigenvalue weighted by atomic mass is 16.5. The Morgan fingerprint density at radius 1 is 1.20 bits per heavy atom. The topological polar surface area (TPSA) is 54.5 Å². The Morgan fingerprint density at radius 3 is 2.64 bits per heavy atom. The molecule has 0 aliphatic heterocycles. The number of carbonyl (C=O) groups is 1. The van der Waals surface area contributed by atoms with Gasteiger partial charge in [-0.3, -0.25) is 4.98 Å². The second-order valence-electron chi connectivity index (χ2n) is 6.14. The number of nitrogens with one attached hydrogen (secondary N) is 1. The monoisotopic (exact) mass is 341 g/mol. The number of hydrogen-bond acceptors (Lipinski definition) is 3. The molecular formula is C20H27N3O2. The minimum Gasteiger partial charge on any atom is -0.494 e. The summed E-state index contributed by atoms with van der Waals surface area (Å²) in [6, 6.07) is 13.6. The van der Waals surface area contributed by atoms with Gasteiger partial charge in [-0.15, -0.1) is 0 Å². The lowest BCUT2D eigenvalue weighted by Gasteiger charge is -2.24. The van der Waals surface area contributed by atoms with Crippen molar-refractivity contribution >= 4 is 6.03 Å². The first-order chi connectivity index (χ1) is 12.1. The van der Waals surface area contributed by atoms with E-state index in [0.717, 1.165) is 24.3 Å². The fourth-order valence-electron chi connectivity index (χ4n) is 2.37. The predicted molar refractivity (Wildman–Crippen MR) is 99.7 cm³/mol. The van der Waals surface area contributed by atoms with E-state index in [1.54, 1.807) is 18.1 Å². The third-order valence-corrected chi connectivity index (χ3v) is 4.15. The molecule has 1 atom stereocenters. The average molecular weight is 341 g/mol. The number of pyridine rings is 1. The van der Waals surface area contributed by atoms with E-state index in [4.69, 9.17) is 4.74 Å². The molecule has 1 aromatic heterocycles. The Hall–Kier alpha value is -2.56. The number of carbonyl (C=O) groups excluding carboxylic acids is 1. The van der Waals surface area contributed by atoms with E-state index in [-0.39, 0.29) is 12.1 Å². The van der Waals surface area contributed by atoms with E-state index in [9.17, 15) is 4.79 Å².